The van der Waals surface area contributed by atoms with Gasteiger partial charge < -0.3 is 11.1 Å². The van der Waals surface area contributed by atoms with Gasteiger partial charge in [0.05, 0.1) is 4.88 Å². The molecule has 9 heteroatoms. The largest absolute Gasteiger partial charge is 0.375 e. The molecule has 0 aliphatic heterocycles. The van der Waals surface area contributed by atoms with E-state index in [4.69, 9.17) is 5.73 Å². The van der Waals surface area contributed by atoms with Gasteiger partial charge in [-0.2, -0.15) is 10.4 Å². The van der Waals surface area contributed by atoms with Gasteiger partial charge in [0.25, 0.3) is 0 Å². The molecule has 120 valence electrons. The summed E-state index contributed by atoms with van der Waals surface area (Å²) in [5.41, 5.74) is 8.01. The van der Waals surface area contributed by atoms with Gasteiger partial charge in [-0.25, -0.2) is 9.98 Å². The van der Waals surface area contributed by atoms with Gasteiger partial charge in [-0.1, -0.05) is 46.1 Å². The number of nitrogens with one attached hydrogen (secondary N) is 2. The fraction of sp³-hybridized carbons (Fsp3) is 0.0667. The van der Waals surface area contributed by atoms with Crippen LogP contribution in [0.4, 0.5) is 22.5 Å². The number of hydrogen-bond donors (Lipinski definition) is 3. The maximum Gasteiger partial charge on any atom is 0.193 e. The normalized spacial score (nSPS) is 10.8. The predicted octanol–water partition coefficient (Wildman–Crippen LogP) is 3.75. The minimum atomic E-state index is 0.317. The Balaban J connectivity index is 1.84. The van der Waals surface area contributed by atoms with E-state index in [9.17, 15) is 5.26 Å². The zero-order valence-electron chi connectivity index (χ0n) is 12.3. The summed E-state index contributed by atoms with van der Waals surface area (Å²) in [4.78, 5) is 8.98. The lowest BCUT2D eigenvalue weighted by atomic mass is 10.2. The van der Waals surface area contributed by atoms with Crippen LogP contribution in [0.2, 0.25) is 0 Å². The van der Waals surface area contributed by atoms with Crippen LogP contribution in [0, 0.1) is 11.3 Å². The van der Waals surface area contributed by atoms with Gasteiger partial charge in [0.2, 0.25) is 0 Å². The third-order valence-electron chi connectivity index (χ3n) is 3.07. The van der Waals surface area contributed by atoms with E-state index in [1.165, 1.54) is 16.9 Å². The molecule has 2 aromatic heterocycles. The van der Waals surface area contributed by atoms with Gasteiger partial charge >= 0.3 is 0 Å². The molecular formula is C15H12IN7S. The molecule has 2 heterocycles. The number of nitrogens with zero attached hydrogens (tertiary/aromatic N) is 4. The molecule has 0 saturated carbocycles. The van der Waals surface area contributed by atoms with E-state index >= 15 is 0 Å². The standard InChI is InChI=1S/C15H12IN7S/c16-5-9-2-1-3-10(4-9)21-14-12(6-17)13(22-23-14)19-7-11-8-20-15(18)24-11/h1-4,7-8H,5H2,(H2,18,20)(H2,21,22,23). The molecule has 0 fully saturated rings. The molecule has 0 aliphatic rings. The summed E-state index contributed by atoms with van der Waals surface area (Å²) in [5.74, 6) is 0.830. The number of alkyl halides is 1. The number of aliphatic imine (C=N–C) groups is 1. The SMILES string of the molecule is N#Cc1c(N=Cc2cnc(N)s2)n[nH]c1Nc1cccc(CI)c1. The Kier molecular flexibility index (Phi) is 5.07. The van der Waals surface area contributed by atoms with Crippen molar-refractivity contribution < 1.29 is 0 Å². The molecule has 0 unspecified atom stereocenters. The van der Waals surface area contributed by atoms with Gasteiger partial charge in [0, 0.05) is 22.5 Å². The minimum Gasteiger partial charge on any atom is -0.375 e. The highest BCUT2D eigenvalue weighted by Crippen LogP contribution is 2.26. The molecule has 24 heavy (non-hydrogen) atoms. The second-order valence-electron chi connectivity index (χ2n) is 4.73. The van der Waals surface area contributed by atoms with Crippen molar-refractivity contribution in [3.63, 3.8) is 0 Å². The zero-order valence-corrected chi connectivity index (χ0v) is 15.3. The van der Waals surface area contributed by atoms with Crippen LogP contribution < -0.4 is 11.1 Å². The molecular weight excluding hydrogens is 437 g/mol. The van der Waals surface area contributed by atoms with Crippen LogP contribution in [0.1, 0.15) is 16.0 Å². The third kappa shape index (κ3) is 3.72. The van der Waals surface area contributed by atoms with Crippen LogP contribution in [0.15, 0.2) is 35.5 Å². The number of nitrogen functional groups attached to an aromatic ring is 1. The summed E-state index contributed by atoms with van der Waals surface area (Å²) in [6, 6.07) is 10.1. The van der Waals surface area contributed by atoms with E-state index in [-0.39, 0.29) is 0 Å². The monoisotopic (exact) mass is 449 g/mol. The number of hydrogen-bond acceptors (Lipinski definition) is 7. The second-order valence-corrected chi connectivity index (χ2v) is 6.58. The molecule has 0 bridgehead atoms. The van der Waals surface area contributed by atoms with Crippen molar-refractivity contribution in [1.82, 2.24) is 15.2 Å². The molecule has 7 nitrogen and oxygen atoms in total. The molecule has 0 spiro atoms. The highest BCUT2D eigenvalue weighted by Gasteiger charge is 2.12. The Morgan fingerprint density at radius 1 is 1.50 bits per heavy atom. The zero-order chi connectivity index (χ0) is 16.9. The molecule has 0 saturated heterocycles. The van der Waals surface area contributed by atoms with Crippen molar-refractivity contribution >= 4 is 62.6 Å². The lowest BCUT2D eigenvalue weighted by molar-refractivity contribution is 1.09. The van der Waals surface area contributed by atoms with E-state index in [0.717, 1.165) is 15.0 Å². The number of halogens is 1. The van der Waals surface area contributed by atoms with Crippen molar-refractivity contribution in [3.05, 3.63) is 46.5 Å². The Hall–Kier alpha value is -2.45. The summed E-state index contributed by atoms with van der Waals surface area (Å²) in [7, 11) is 0. The average Bonchev–Trinajstić information content (AvgIpc) is 3.18. The Bertz CT molecular complexity index is 922. The number of aromatic amines is 1. The van der Waals surface area contributed by atoms with Crippen LogP contribution in [0.25, 0.3) is 0 Å². The van der Waals surface area contributed by atoms with Crippen LogP contribution in [-0.2, 0) is 4.43 Å². The smallest absolute Gasteiger partial charge is 0.193 e. The highest BCUT2D eigenvalue weighted by atomic mass is 127. The van der Waals surface area contributed by atoms with Crippen LogP contribution in [-0.4, -0.2) is 21.4 Å². The van der Waals surface area contributed by atoms with Gasteiger partial charge in [0.1, 0.15) is 17.5 Å². The number of nitrogens with two attached hydrogens (primary N) is 1. The number of aromatic nitrogens is 3. The summed E-state index contributed by atoms with van der Waals surface area (Å²) < 4.78 is 0.912. The van der Waals surface area contributed by atoms with Gasteiger partial charge in [-0.15, -0.1) is 0 Å². The van der Waals surface area contributed by atoms with Crippen molar-refractivity contribution in [2.24, 2.45) is 4.99 Å². The summed E-state index contributed by atoms with van der Waals surface area (Å²) >= 11 is 3.62. The Labute approximate surface area is 155 Å². The summed E-state index contributed by atoms with van der Waals surface area (Å²) in [6.45, 7) is 0. The topological polar surface area (TPSA) is 116 Å². The average molecular weight is 449 g/mol. The lowest BCUT2D eigenvalue weighted by Crippen LogP contribution is -1.93. The number of thiazole rings is 1. The van der Waals surface area contributed by atoms with Gasteiger partial charge in [-0.3, -0.25) is 5.10 Å². The quantitative estimate of drug-likeness (QED) is 0.312. The van der Waals surface area contributed by atoms with Crippen molar-refractivity contribution in [3.8, 4) is 6.07 Å². The van der Waals surface area contributed by atoms with E-state index < -0.39 is 0 Å². The number of nitriles is 1. The number of anilines is 3. The fourth-order valence-corrected chi connectivity index (χ4v) is 3.02. The van der Waals surface area contributed by atoms with E-state index in [0.29, 0.717) is 22.3 Å². The number of benzene rings is 1. The van der Waals surface area contributed by atoms with Gasteiger partial charge in [-0.05, 0) is 17.7 Å². The molecule has 3 rings (SSSR count). The lowest BCUT2D eigenvalue weighted by Gasteiger charge is -2.05. The first-order chi connectivity index (χ1) is 11.7. The maximum absolute atomic E-state index is 9.41. The van der Waals surface area contributed by atoms with Crippen molar-refractivity contribution in [1.29, 1.82) is 5.26 Å². The molecule has 0 amide bonds. The van der Waals surface area contributed by atoms with Crippen LogP contribution >= 0.6 is 33.9 Å². The number of H-pyrrole nitrogens is 1. The minimum absolute atomic E-state index is 0.317. The Morgan fingerprint density at radius 3 is 3.08 bits per heavy atom. The highest BCUT2D eigenvalue weighted by molar-refractivity contribution is 14.1. The van der Waals surface area contributed by atoms with E-state index in [2.05, 4.69) is 54.2 Å². The molecule has 0 aliphatic carbocycles. The predicted molar refractivity (Wildman–Crippen MR) is 105 cm³/mol. The first-order valence-electron chi connectivity index (χ1n) is 6.85. The van der Waals surface area contributed by atoms with Crippen LogP contribution in [0.5, 0.6) is 0 Å². The number of rotatable bonds is 5. The molecule has 4 N–H and O–H groups in total. The van der Waals surface area contributed by atoms with E-state index in [1.54, 1.807) is 12.4 Å². The summed E-state index contributed by atoms with van der Waals surface area (Å²) in [6.07, 6.45) is 3.21. The van der Waals surface area contributed by atoms with Crippen molar-refractivity contribution in [2.75, 3.05) is 11.1 Å². The van der Waals surface area contributed by atoms with E-state index in [1.807, 2.05) is 24.3 Å². The third-order valence-corrected chi connectivity index (χ3v) is 4.71. The second kappa shape index (κ2) is 7.41. The van der Waals surface area contributed by atoms with Crippen molar-refractivity contribution in [2.45, 2.75) is 4.43 Å². The summed E-state index contributed by atoms with van der Waals surface area (Å²) in [5, 5.41) is 20.0. The van der Waals surface area contributed by atoms with Gasteiger partial charge in [0.15, 0.2) is 10.9 Å². The molecule has 0 atom stereocenters. The molecule has 3 aromatic rings. The molecule has 0 radical (unpaired) electrons. The molecule has 1 aromatic carbocycles. The Morgan fingerprint density at radius 2 is 2.38 bits per heavy atom. The first kappa shape index (κ1) is 16.4. The maximum atomic E-state index is 9.41. The fourth-order valence-electron chi connectivity index (χ4n) is 1.98. The first-order valence-corrected chi connectivity index (χ1v) is 9.19. The van der Waals surface area contributed by atoms with Crippen LogP contribution in [0.3, 0.4) is 0 Å².